The van der Waals surface area contributed by atoms with E-state index >= 15 is 0 Å². The predicted octanol–water partition coefficient (Wildman–Crippen LogP) is 0.213. The van der Waals surface area contributed by atoms with E-state index in [-0.39, 0.29) is 4.90 Å². The summed E-state index contributed by atoms with van der Waals surface area (Å²) in [7, 11) is -4.21. The van der Waals surface area contributed by atoms with Crippen molar-refractivity contribution in [1.82, 2.24) is 0 Å². The van der Waals surface area contributed by atoms with Crippen LogP contribution in [0, 0.1) is 6.92 Å². The van der Waals surface area contributed by atoms with Crippen molar-refractivity contribution in [2.45, 2.75) is 63.3 Å². The minimum atomic E-state index is -4.21. The molecule has 1 aliphatic heterocycles. The van der Waals surface area contributed by atoms with E-state index in [0.29, 0.717) is 0 Å². The second-order valence-electron chi connectivity index (χ2n) is 6.84. The van der Waals surface area contributed by atoms with Gasteiger partial charge in [0.15, 0.2) is 24.6 Å². The number of aliphatic hydroxyl groups is 1. The van der Waals surface area contributed by atoms with Crippen molar-refractivity contribution in [3.05, 3.63) is 29.8 Å². The van der Waals surface area contributed by atoms with Crippen LogP contribution < -0.4 is 0 Å². The summed E-state index contributed by atoms with van der Waals surface area (Å²) in [4.78, 5) is 34.4. The van der Waals surface area contributed by atoms with Crippen LogP contribution >= 0.6 is 0 Å². The van der Waals surface area contributed by atoms with Gasteiger partial charge in [0.05, 0.1) is 11.5 Å². The van der Waals surface area contributed by atoms with Gasteiger partial charge in [-0.05, 0) is 19.1 Å². The van der Waals surface area contributed by atoms with E-state index in [1.165, 1.54) is 12.1 Å². The van der Waals surface area contributed by atoms with E-state index < -0.39 is 65.3 Å². The molecule has 5 atom stereocenters. The Bertz CT molecular complexity index is 909. The summed E-state index contributed by atoms with van der Waals surface area (Å²) < 4.78 is 50.5. The highest BCUT2D eigenvalue weighted by molar-refractivity contribution is 7.86. The van der Waals surface area contributed by atoms with Gasteiger partial charge < -0.3 is 24.1 Å². The molecule has 0 saturated carbocycles. The Morgan fingerprint density at radius 3 is 1.90 bits per heavy atom. The van der Waals surface area contributed by atoms with Crippen LogP contribution in [0.5, 0.6) is 0 Å². The van der Waals surface area contributed by atoms with E-state index in [2.05, 4.69) is 0 Å². The van der Waals surface area contributed by atoms with Crippen LogP contribution in [0.15, 0.2) is 29.2 Å². The maximum Gasteiger partial charge on any atom is 0.303 e. The molecule has 1 heterocycles. The minimum Gasteiger partial charge on any atom is -0.456 e. The molecule has 172 valence electrons. The molecule has 1 fully saturated rings. The van der Waals surface area contributed by atoms with Gasteiger partial charge in [0.1, 0.15) is 6.10 Å². The van der Waals surface area contributed by atoms with E-state index in [1.807, 2.05) is 0 Å². The van der Waals surface area contributed by atoms with Crippen LogP contribution in [0.25, 0.3) is 0 Å². The fourth-order valence-corrected chi connectivity index (χ4v) is 3.85. The first-order chi connectivity index (χ1) is 14.4. The molecule has 1 N–H and O–H groups in total. The van der Waals surface area contributed by atoms with Crippen molar-refractivity contribution >= 4 is 28.0 Å². The Morgan fingerprint density at radius 2 is 1.39 bits per heavy atom. The highest BCUT2D eigenvalue weighted by Gasteiger charge is 2.51. The van der Waals surface area contributed by atoms with E-state index in [1.54, 1.807) is 19.1 Å². The third kappa shape index (κ3) is 6.72. The van der Waals surface area contributed by atoms with Crippen molar-refractivity contribution in [2.24, 2.45) is 0 Å². The van der Waals surface area contributed by atoms with Crippen molar-refractivity contribution in [2.75, 3.05) is 6.61 Å². The molecular weight excluding hydrogens is 436 g/mol. The maximum atomic E-state index is 12.5. The SMILES string of the molecule is CC(=O)O[C@H]1[C@H](OC(C)=O)[C@@H](COS(=O)(=O)c2ccc(C)cc2)OC(O)[C@H]1OC(C)=O. The van der Waals surface area contributed by atoms with Gasteiger partial charge in [-0.15, -0.1) is 0 Å². The predicted molar refractivity (Wildman–Crippen MR) is 102 cm³/mol. The largest absolute Gasteiger partial charge is 0.456 e. The average molecular weight is 460 g/mol. The second kappa shape index (κ2) is 10.2. The van der Waals surface area contributed by atoms with Gasteiger partial charge >= 0.3 is 17.9 Å². The van der Waals surface area contributed by atoms with Crippen LogP contribution in [-0.4, -0.2) is 68.7 Å². The Kier molecular flexibility index (Phi) is 8.12. The maximum absolute atomic E-state index is 12.5. The van der Waals surface area contributed by atoms with Gasteiger partial charge in [-0.25, -0.2) is 0 Å². The molecule has 0 spiro atoms. The van der Waals surface area contributed by atoms with Crippen LogP contribution in [0.2, 0.25) is 0 Å². The third-order valence-electron chi connectivity index (χ3n) is 4.21. The highest BCUT2D eigenvalue weighted by Crippen LogP contribution is 2.29. The fraction of sp³-hybridized carbons (Fsp3) is 0.526. The number of aliphatic hydroxyl groups excluding tert-OH is 1. The summed E-state index contributed by atoms with van der Waals surface area (Å²) in [6.45, 7) is 4.28. The number of aryl methyl sites for hydroxylation is 1. The molecule has 31 heavy (non-hydrogen) atoms. The summed E-state index contributed by atoms with van der Waals surface area (Å²) in [5.74, 6) is -2.45. The smallest absolute Gasteiger partial charge is 0.303 e. The number of hydrogen-bond acceptors (Lipinski definition) is 11. The molecule has 0 radical (unpaired) electrons. The number of carbonyl (C=O) groups is 3. The monoisotopic (exact) mass is 460 g/mol. The molecule has 1 aromatic carbocycles. The molecule has 0 aromatic heterocycles. The number of benzene rings is 1. The molecule has 1 aromatic rings. The lowest BCUT2D eigenvalue weighted by Crippen LogP contribution is -2.62. The second-order valence-corrected chi connectivity index (χ2v) is 8.45. The van der Waals surface area contributed by atoms with Crippen LogP contribution in [0.1, 0.15) is 26.3 Å². The summed E-state index contributed by atoms with van der Waals surface area (Å²) in [5.41, 5.74) is 0.841. The third-order valence-corrected chi connectivity index (χ3v) is 5.51. The summed E-state index contributed by atoms with van der Waals surface area (Å²) in [6, 6.07) is 5.87. The molecule has 0 amide bonds. The van der Waals surface area contributed by atoms with Crippen molar-refractivity contribution < 1.29 is 51.0 Å². The van der Waals surface area contributed by atoms with Gasteiger partial charge in [0, 0.05) is 20.8 Å². The molecule has 0 bridgehead atoms. The Labute approximate surface area is 179 Å². The first kappa shape index (κ1) is 24.7. The zero-order valence-electron chi connectivity index (χ0n) is 17.3. The lowest BCUT2D eigenvalue weighted by Gasteiger charge is -2.42. The van der Waals surface area contributed by atoms with Gasteiger partial charge in [0.2, 0.25) is 0 Å². The number of rotatable bonds is 7. The van der Waals surface area contributed by atoms with Gasteiger partial charge in [-0.2, -0.15) is 8.42 Å². The molecule has 12 heteroatoms. The standard InChI is InChI=1S/C19H24O11S/c1-10-5-7-14(8-6-10)31(24,25)26-9-15-16(27-11(2)20)17(28-12(3)21)18(19(23)30-15)29-13(4)22/h5-8,15-19,23H,9H2,1-4H3/t15-,16-,17+,18+,19?/m1/s1. The van der Waals surface area contributed by atoms with E-state index in [9.17, 15) is 27.9 Å². The Hall–Kier alpha value is -2.54. The first-order valence-electron chi connectivity index (χ1n) is 9.22. The van der Waals surface area contributed by atoms with Crippen molar-refractivity contribution in [3.8, 4) is 0 Å². The molecule has 2 rings (SSSR count). The zero-order valence-corrected chi connectivity index (χ0v) is 18.2. The number of esters is 3. The normalized spacial score (nSPS) is 26.0. The molecular formula is C19H24O11S. The summed E-state index contributed by atoms with van der Waals surface area (Å²) in [5, 5.41) is 10.3. The zero-order chi connectivity index (χ0) is 23.3. The number of hydrogen-bond donors (Lipinski definition) is 1. The minimum absolute atomic E-state index is 0.118. The summed E-state index contributed by atoms with van der Waals surface area (Å²) in [6.07, 6.45) is -7.59. The van der Waals surface area contributed by atoms with Gasteiger partial charge in [0.25, 0.3) is 10.1 Å². The van der Waals surface area contributed by atoms with Crippen LogP contribution in [0.4, 0.5) is 0 Å². The van der Waals surface area contributed by atoms with Gasteiger partial charge in [-0.1, -0.05) is 17.7 Å². The Morgan fingerprint density at radius 1 is 0.903 bits per heavy atom. The lowest BCUT2D eigenvalue weighted by molar-refractivity contribution is -0.294. The fourth-order valence-electron chi connectivity index (χ4n) is 2.94. The molecule has 1 aliphatic rings. The molecule has 0 aliphatic carbocycles. The number of ether oxygens (including phenoxy) is 4. The van der Waals surface area contributed by atoms with E-state index in [4.69, 9.17) is 23.1 Å². The Balaban J connectivity index is 2.29. The average Bonchev–Trinajstić information content (AvgIpc) is 2.65. The molecule has 1 unspecified atom stereocenters. The lowest BCUT2D eigenvalue weighted by atomic mass is 9.98. The van der Waals surface area contributed by atoms with Crippen molar-refractivity contribution in [3.63, 3.8) is 0 Å². The summed E-state index contributed by atoms with van der Waals surface area (Å²) >= 11 is 0. The quantitative estimate of drug-likeness (QED) is 0.338. The van der Waals surface area contributed by atoms with Crippen LogP contribution in [-0.2, 0) is 47.6 Å². The van der Waals surface area contributed by atoms with E-state index in [0.717, 1.165) is 26.3 Å². The van der Waals surface area contributed by atoms with Crippen LogP contribution in [0.3, 0.4) is 0 Å². The number of carbonyl (C=O) groups excluding carboxylic acids is 3. The highest BCUT2D eigenvalue weighted by atomic mass is 32.2. The molecule has 1 saturated heterocycles. The van der Waals surface area contributed by atoms with Gasteiger partial charge in [-0.3, -0.25) is 18.6 Å². The first-order valence-corrected chi connectivity index (χ1v) is 10.6. The molecule has 11 nitrogen and oxygen atoms in total. The topological polar surface area (TPSA) is 152 Å². The van der Waals surface area contributed by atoms with Crippen molar-refractivity contribution in [1.29, 1.82) is 0 Å².